The van der Waals surface area contributed by atoms with Crippen LogP contribution in [0.1, 0.15) is 19.8 Å². The molecule has 2 bridgehead atoms. The van der Waals surface area contributed by atoms with Gasteiger partial charge in [-0.05, 0) is 12.8 Å². The third-order valence-electron chi connectivity index (χ3n) is 4.44. The lowest BCUT2D eigenvalue weighted by atomic mass is 9.81. The van der Waals surface area contributed by atoms with Gasteiger partial charge in [0.1, 0.15) is 0 Å². The normalized spacial score (nSPS) is 37.2. The summed E-state index contributed by atoms with van der Waals surface area (Å²) in [7, 11) is -3.17. The number of carbonyl (C=O) groups excluding carboxylic acids is 2. The quantitative estimate of drug-likeness (QED) is 0.656. The Bertz CT molecular complexity index is 500. The fourth-order valence-corrected chi connectivity index (χ4v) is 4.12. The Morgan fingerprint density at radius 2 is 1.68 bits per heavy atom. The van der Waals surface area contributed by atoms with E-state index in [9.17, 15) is 18.0 Å². The Morgan fingerprint density at radius 1 is 1.16 bits per heavy atom. The molecule has 0 spiro atoms. The molecular formula is C12H17NO5S. The van der Waals surface area contributed by atoms with Gasteiger partial charge in [-0.15, -0.1) is 0 Å². The molecular weight excluding hydrogens is 270 g/mol. The van der Waals surface area contributed by atoms with E-state index >= 15 is 0 Å². The van der Waals surface area contributed by atoms with Crippen LogP contribution in [0.3, 0.4) is 0 Å². The summed E-state index contributed by atoms with van der Waals surface area (Å²) >= 11 is 0. The Morgan fingerprint density at radius 3 is 2.16 bits per heavy atom. The van der Waals surface area contributed by atoms with Crippen LogP contribution in [0.5, 0.6) is 0 Å². The third-order valence-corrected chi connectivity index (χ3v) is 6.13. The van der Waals surface area contributed by atoms with Crippen molar-refractivity contribution in [3.05, 3.63) is 0 Å². The number of hydrogen-bond donors (Lipinski definition) is 0. The lowest BCUT2D eigenvalue weighted by Gasteiger charge is -2.17. The molecule has 0 unspecified atom stereocenters. The molecule has 0 aromatic rings. The van der Waals surface area contributed by atoms with Gasteiger partial charge in [-0.3, -0.25) is 14.5 Å². The maximum atomic E-state index is 12.2. The zero-order valence-corrected chi connectivity index (χ0v) is 11.6. The van der Waals surface area contributed by atoms with Gasteiger partial charge in [0, 0.05) is 12.3 Å². The molecule has 3 heterocycles. The van der Waals surface area contributed by atoms with Crippen LogP contribution in [-0.4, -0.2) is 55.4 Å². The van der Waals surface area contributed by atoms with E-state index in [0.29, 0.717) is 0 Å². The van der Waals surface area contributed by atoms with E-state index in [4.69, 9.17) is 4.74 Å². The van der Waals surface area contributed by atoms with Gasteiger partial charge in [0.05, 0.1) is 29.8 Å². The highest BCUT2D eigenvalue weighted by atomic mass is 32.2. The second kappa shape index (κ2) is 4.28. The van der Waals surface area contributed by atoms with Crippen LogP contribution >= 0.6 is 0 Å². The van der Waals surface area contributed by atoms with Gasteiger partial charge in [-0.2, -0.15) is 0 Å². The van der Waals surface area contributed by atoms with Gasteiger partial charge in [-0.1, -0.05) is 6.92 Å². The van der Waals surface area contributed by atoms with Gasteiger partial charge in [0.2, 0.25) is 11.8 Å². The molecule has 3 rings (SSSR count). The van der Waals surface area contributed by atoms with Crippen molar-refractivity contribution in [1.29, 1.82) is 0 Å². The van der Waals surface area contributed by atoms with E-state index < -0.39 is 9.84 Å². The summed E-state index contributed by atoms with van der Waals surface area (Å²) < 4.78 is 28.6. The lowest BCUT2D eigenvalue weighted by molar-refractivity contribution is -0.142. The van der Waals surface area contributed by atoms with Gasteiger partial charge in [0.25, 0.3) is 0 Å². The molecule has 0 aromatic heterocycles. The minimum Gasteiger partial charge on any atom is -0.373 e. The van der Waals surface area contributed by atoms with Crippen LogP contribution in [0.2, 0.25) is 0 Å². The molecule has 106 valence electrons. The van der Waals surface area contributed by atoms with Gasteiger partial charge >= 0.3 is 0 Å². The van der Waals surface area contributed by atoms with Crippen molar-refractivity contribution in [2.75, 3.05) is 18.1 Å². The van der Waals surface area contributed by atoms with Gasteiger partial charge in [0.15, 0.2) is 9.84 Å². The van der Waals surface area contributed by atoms with Crippen molar-refractivity contribution in [2.24, 2.45) is 11.8 Å². The summed E-state index contributed by atoms with van der Waals surface area (Å²) in [4.78, 5) is 25.6. The largest absolute Gasteiger partial charge is 0.373 e. The molecule has 7 heteroatoms. The van der Waals surface area contributed by atoms with Crippen LogP contribution in [0.25, 0.3) is 0 Å². The van der Waals surface area contributed by atoms with E-state index in [1.165, 1.54) is 0 Å². The summed E-state index contributed by atoms with van der Waals surface area (Å²) in [6.45, 7) is 1.55. The minimum atomic E-state index is -3.17. The van der Waals surface area contributed by atoms with Crippen LogP contribution < -0.4 is 0 Å². The molecule has 19 heavy (non-hydrogen) atoms. The first-order valence-corrected chi connectivity index (χ1v) is 8.48. The Kier molecular flexibility index (Phi) is 2.94. The number of fused-ring (bicyclic) bond motifs is 5. The molecule has 3 aliphatic rings. The second-order valence-electron chi connectivity index (χ2n) is 5.41. The molecule has 6 nitrogen and oxygen atoms in total. The number of sulfone groups is 1. The average molecular weight is 287 g/mol. The Labute approximate surface area is 112 Å². The van der Waals surface area contributed by atoms with Gasteiger partial charge in [-0.25, -0.2) is 8.42 Å². The monoisotopic (exact) mass is 287 g/mol. The van der Waals surface area contributed by atoms with Crippen molar-refractivity contribution < 1.29 is 22.7 Å². The van der Waals surface area contributed by atoms with Crippen LogP contribution in [-0.2, 0) is 24.2 Å². The summed E-state index contributed by atoms with van der Waals surface area (Å²) in [5.74, 6) is -1.32. The molecule has 0 saturated carbocycles. The first-order chi connectivity index (χ1) is 8.94. The van der Waals surface area contributed by atoms with Crippen molar-refractivity contribution in [3.8, 4) is 0 Å². The van der Waals surface area contributed by atoms with E-state index in [1.807, 2.05) is 0 Å². The maximum absolute atomic E-state index is 12.2. The first kappa shape index (κ1) is 13.1. The maximum Gasteiger partial charge on any atom is 0.235 e. The smallest absolute Gasteiger partial charge is 0.235 e. The SMILES string of the molecule is CCS(=O)(=O)CCN1C(=O)[C@@H]2[C@H](C1=O)[C@H]1CC[C@@H]2O1. The Balaban J connectivity index is 1.75. The summed E-state index contributed by atoms with van der Waals surface area (Å²) in [5.41, 5.74) is 0. The van der Waals surface area contributed by atoms with E-state index in [0.717, 1.165) is 17.7 Å². The molecule has 2 amide bonds. The molecule has 0 aliphatic carbocycles. The van der Waals surface area contributed by atoms with Gasteiger partial charge < -0.3 is 4.74 Å². The third kappa shape index (κ3) is 1.90. The number of carbonyl (C=O) groups is 2. The molecule has 3 saturated heterocycles. The molecule has 0 N–H and O–H groups in total. The highest BCUT2D eigenvalue weighted by Gasteiger charge is 2.62. The zero-order valence-electron chi connectivity index (χ0n) is 10.7. The molecule has 0 radical (unpaired) electrons. The average Bonchev–Trinajstić information content (AvgIpc) is 3.03. The topological polar surface area (TPSA) is 80.8 Å². The molecule has 3 aliphatic heterocycles. The fraction of sp³-hybridized carbons (Fsp3) is 0.833. The van der Waals surface area contributed by atoms with Crippen LogP contribution in [0.15, 0.2) is 0 Å². The summed E-state index contributed by atoms with van der Waals surface area (Å²) in [5, 5.41) is 0. The van der Waals surface area contributed by atoms with E-state index in [2.05, 4.69) is 0 Å². The number of hydrogen-bond acceptors (Lipinski definition) is 5. The fourth-order valence-electron chi connectivity index (χ4n) is 3.37. The minimum absolute atomic E-state index is 0.0136. The molecule has 0 aromatic carbocycles. The van der Waals surface area contributed by atoms with Crippen molar-refractivity contribution >= 4 is 21.7 Å². The van der Waals surface area contributed by atoms with Crippen LogP contribution in [0.4, 0.5) is 0 Å². The van der Waals surface area contributed by atoms with Crippen molar-refractivity contribution in [1.82, 2.24) is 4.90 Å². The number of amides is 2. The standard InChI is InChI=1S/C12H17NO5S/c1-2-19(16,17)6-5-13-11(14)9-7-3-4-8(18-7)10(9)12(13)15/h7-10H,2-6H2,1H3/t7-,8+,9-,10+. The van der Waals surface area contributed by atoms with Crippen molar-refractivity contribution in [3.63, 3.8) is 0 Å². The van der Waals surface area contributed by atoms with Crippen LogP contribution in [0, 0.1) is 11.8 Å². The number of likely N-dealkylation sites (tertiary alicyclic amines) is 1. The molecule has 3 fully saturated rings. The Hall–Kier alpha value is -0.950. The number of imide groups is 1. The summed E-state index contributed by atoms with van der Waals surface area (Å²) in [6, 6.07) is 0. The lowest BCUT2D eigenvalue weighted by Crippen LogP contribution is -2.37. The highest BCUT2D eigenvalue weighted by Crippen LogP contribution is 2.48. The molecule has 4 atom stereocenters. The number of nitrogens with zero attached hydrogens (tertiary/aromatic N) is 1. The summed E-state index contributed by atoms with van der Waals surface area (Å²) in [6.07, 6.45) is 1.37. The predicted octanol–water partition coefficient (Wildman–Crippen LogP) is -0.416. The number of ether oxygens (including phenoxy) is 1. The number of rotatable bonds is 4. The second-order valence-corrected chi connectivity index (χ2v) is 7.88. The zero-order chi connectivity index (χ0) is 13.8. The van der Waals surface area contributed by atoms with E-state index in [1.54, 1.807) is 6.92 Å². The first-order valence-electron chi connectivity index (χ1n) is 6.65. The predicted molar refractivity (Wildman–Crippen MR) is 65.9 cm³/mol. The highest BCUT2D eigenvalue weighted by molar-refractivity contribution is 7.91. The van der Waals surface area contributed by atoms with Crippen molar-refractivity contribution in [2.45, 2.75) is 32.0 Å². The van der Waals surface area contributed by atoms with E-state index in [-0.39, 0.29) is 53.9 Å².